The summed E-state index contributed by atoms with van der Waals surface area (Å²) in [5, 5.41) is 14.7. The van der Waals surface area contributed by atoms with Gasteiger partial charge in [0.05, 0.1) is 16.9 Å². The number of fused-ring (bicyclic) bond motifs is 6. The third kappa shape index (κ3) is 4.31. The summed E-state index contributed by atoms with van der Waals surface area (Å²) in [5.41, 5.74) is 2.73. The molecular weight excluding hydrogens is 566 g/mol. The van der Waals surface area contributed by atoms with Crippen LogP contribution in [0.5, 0.6) is 0 Å². The normalized spacial score (nSPS) is 22.6. The molecule has 4 aromatic rings. The van der Waals surface area contributed by atoms with Crippen molar-refractivity contribution in [2.24, 2.45) is 11.8 Å². The first-order valence-electron chi connectivity index (χ1n) is 15.1. The topological polar surface area (TPSA) is 110 Å². The Morgan fingerprint density at radius 1 is 0.911 bits per heavy atom. The predicted octanol–water partition coefficient (Wildman–Crippen LogP) is 6.65. The van der Waals surface area contributed by atoms with E-state index in [2.05, 4.69) is 19.2 Å². The second kappa shape index (κ2) is 10.7. The number of benzene rings is 4. The quantitative estimate of drug-likeness (QED) is 0.145. The zero-order valence-corrected chi connectivity index (χ0v) is 24.8. The van der Waals surface area contributed by atoms with Crippen molar-refractivity contribution in [1.82, 2.24) is 0 Å². The molecular formula is C37H31N3O5. The standard InChI is InChI=1S/C37H31N3O5/c1-22(2)20-23-14-16-25(17-15-23)34(41)32-33(35(42)26-9-7-10-27(21-26)40(44)45)39-30-13-6-3-8-24(30)18-19-31(39)37(32)28-11-4-5-12-29(28)38-36(37)43/h3-19,21-22,31-33H,20H2,1-2H3,(H,38,43)/t31-,32-,33+,37+/m1/s1. The zero-order chi connectivity index (χ0) is 31.5. The van der Waals surface area contributed by atoms with Crippen molar-refractivity contribution in [3.63, 3.8) is 0 Å². The van der Waals surface area contributed by atoms with E-state index in [9.17, 15) is 24.5 Å². The Bertz CT molecular complexity index is 1910. The molecule has 1 fully saturated rings. The van der Waals surface area contributed by atoms with Crippen molar-refractivity contribution in [2.75, 3.05) is 10.2 Å². The predicted molar refractivity (Wildman–Crippen MR) is 173 cm³/mol. The van der Waals surface area contributed by atoms with Gasteiger partial charge in [-0.05, 0) is 41.2 Å². The van der Waals surface area contributed by atoms with Crippen LogP contribution in [0.15, 0.2) is 103 Å². The molecule has 4 aromatic carbocycles. The van der Waals surface area contributed by atoms with E-state index < -0.39 is 34.1 Å². The lowest BCUT2D eigenvalue weighted by molar-refractivity contribution is -0.384. The third-order valence-corrected chi connectivity index (χ3v) is 9.32. The molecule has 45 heavy (non-hydrogen) atoms. The Balaban J connectivity index is 1.48. The lowest BCUT2D eigenvalue weighted by atomic mass is 9.64. The number of amides is 1. The van der Waals surface area contributed by atoms with Crippen LogP contribution in [0, 0.1) is 22.0 Å². The van der Waals surface area contributed by atoms with Gasteiger partial charge in [0.15, 0.2) is 11.6 Å². The fourth-order valence-electron chi connectivity index (χ4n) is 7.52. The van der Waals surface area contributed by atoms with Crippen molar-refractivity contribution in [1.29, 1.82) is 0 Å². The van der Waals surface area contributed by atoms with Gasteiger partial charge < -0.3 is 10.2 Å². The Hall–Kier alpha value is -5.37. The first-order valence-corrected chi connectivity index (χ1v) is 15.1. The average Bonchev–Trinajstić information content (AvgIpc) is 3.52. The van der Waals surface area contributed by atoms with Gasteiger partial charge in [0.1, 0.15) is 11.5 Å². The minimum absolute atomic E-state index is 0.105. The van der Waals surface area contributed by atoms with E-state index in [1.165, 1.54) is 24.3 Å². The largest absolute Gasteiger partial charge is 0.352 e. The summed E-state index contributed by atoms with van der Waals surface area (Å²) in [6, 6.07) is 26.1. The summed E-state index contributed by atoms with van der Waals surface area (Å²) in [7, 11) is 0. The fraction of sp³-hybridized carbons (Fsp3) is 0.216. The van der Waals surface area contributed by atoms with Crippen LogP contribution >= 0.6 is 0 Å². The number of hydrogen-bond acceptors (Lipinski definition) is 6. The van der Waals surface area contributed by atoms with E-state index in [0.29, 0.717) is 28.4 Å². The number of non-ortho nitro benzene ring substituents is 1. The molecule has 0 radical (unpaired) electrons. The molecule has 1 N–H and O–H groups in total. The number of hydrogen-bond donors (Lipinski definition) is 1. The van der Waals surface area contributed by atoms with Gasteiger partial charge in [0.2, 0.25) is 5.91 Å². The van der Waals surface area contributed by atoms with Gasteiger partial charge in [-0.1, -0.05) is 98.8 Å². The lowest BCUT2D eigenvalue weighted by Gasteiger charge is -2.37. The molecule has 7 rings (SSSR count). The summed E-state index contributed by atoms with van der Waals surface area (Å²) in [5.74, 6) is -1.86. The van der Waals surface area contributed by atoms with Crippen LogP contribution in [0.25, 0.3) is 6.08 Å². The first kappa shape index (κ1) is 28.4. The molecule has 1 spiro atoms. The van der Waals surface area contributed by atoms with Crippen LogP contribution in [0.2, 0.25) is 0 Å². The van der Waals surface area contributed by atoms with Gasteiger partial charge in [-0.3, -0.25) is 24.5 Å². The van der Waals surface area contributed by atoms with Crippen LogP contribution in [0.3, 0.4) is 0 Å². The number of carbonyl (C=O) groups excluding carboxylic acids is 3. The molecule has 0 saturated carbocycles. The van der Waals surface area contributed by atoms with E-state index in [0.717, 1.165) is 17.5 Å². The lowest BCUT2D eigenvalue weighted by Crippen LogP contribution is -2.51. The number of nitro benzene ring substituents is 1. The number of ketones is 2. The number of nitrogens with zero attached hydrogens (tertiary/aromatic N) is 2. The van der Waals surface area contributed by atoms with Crippen LogP contribution < -0.4 is 10.2 Å². The smallest absolute Gasteiger partial charge is 0.270 e. The van der Waals surface area contributed by atoms with Crippen molar-refractivity contribution in [3.05, 3.63) is 141 Å². The molecule has 3 heterocycles. The molecule has 0 aromatic heterocycles. The molecule has 224 valence electrons. The van der Waals surface area contributed by atoms with E-state index in [1.807, 2.05) is 77.7 Å². The Morgan fingerprint density at radius 3 is 2.40 bits per heavy atom. The highest BCUT2D eigenvalue weighted by Crippen LogP contribution is 2.58. The van der Waals surface area contributed by atoms with Gasteiger partial charge in [0, 0.05) is 34.6 Å². The van der Waals surface area contributed by atoms with E-state index in [-0.39, 0.29) is 22.9 Å². The number of anilines is 2. The monoisotopic (exact) mass is 597 g/mol. The molecule has 1 saturated heterocycles. The number of para-hydroxylation sites is 2. The van der Waals surface area contributed by atoms with Crippen molar-refractivity contribution in [2.45, 2.75) is 37.8 Å². The summed E-state index contributed by atoms with van der Waals surface area (Å²) in [6.45, 7) is 4.26. The van der Waals surface area contributed by atoms with Gasteiger partial charge in [-0.2, -0.15) is 0 Å². The Kier molecular flexibility index (Phi) is 6.73. The first-order chi connectivity index (χ1) is 21.7. The number of carbonyl (C=O) groups is 3. The highest BCUT2D eigenvalue weighted by atomic mass is 16.6. The van der Waals surface area contributed by atoms with Gasteiger partial charge >= 0.3 is 0 Å². The van der Waals surface area contributed by atoms with Crippen molar-refractivity contribution in [3.8, 4) is 0 Å². The SMILES string of the molecule is CC(C)Cc1ccc(C(=O)[C@H]2[C@@H](C(=O)c3cccc([N+](=O)[O-])c3)N3c4ccccc4C=C[C@@H]3[C@]23C(=O)Nc2ccccc23)cc1. The maximum Gasteiger partial charge on any atom is 0.270 e. The van der Waals surface area contributed by atoms with Crippen molar-refractivity contribution >= 4 is 40.6 Å². The average molecular weight is 598 g/mol. The third-order valence-electron chi connectivity index (χ3n) is 9.32. The number of nitrogens with one attached hydrogen (secondary N) is 1. The number of Topliss-reactive ketones (excluding diaryl/α,β-unsaturated/α-hetero) is 2. The number of nitro groups is 1. The number of rotatable bonds is 7. The van der Waals surface area contributed by atoms with Gasteiger partial charge in [0.25, 0.3) is 5.69 Å². The molecule has 4 atom stereocenters. The molecule has 0 aliphatic carbocycles. The second-order valence-corrected chi connectivity index (χ2v) is 12.4. The van der Waals surface area contributed by atoms with Crippen LogP contribution in [0.4, 0.5) is 17.1 Å². The highest BCUT2D eigenvalue weighted by molar-refractivity contribution is 6.18. The maximum atomic E-state index is 15.0. The van der Waals surface area contributed by atoms with Crippen LogP contribution in [-0.2, 0) is 16.6 Å². The maximum absolute atomic E-state index is 15.0. The molecule has 1 amide bonds. The Labute approximate surface area is 260 Å². The second-order valence-electron chi connectivity index (χ2n) is 12.4. The van der Waals surface area contributed by atoms with Crippen molar-refractivity contribution < 1.29 is 19.3 Å². The fourth-order valence-corrected chi connectivity index (χ4v) is 7.52. The summed E-state index contributed by atoms with van der Waals surface area (Å²) >= 11 is 0. The molecule has 3 aliphatic heterocycles. The van der Waals surface area contributed by atoms with Gasteiger partial charge in [-0.15, -0.1) is 0 Å². The minimum Gasteiger partial charge on any atom is -0.352 e. The zero-order valence-electron chi connectivity index (χ0n) is 24.8. The summed E-state index contributed by atoms with van der Waals surface area (Å²) in [6.07, 6.45) is 4.70. The van der Waals surface area contributed by atoms with Gasteiger partial charge in [-0.25, -0.2) is 0 Å². The molecule has 8 heteroatoms. The van der Waals surface area contributed by atoms with Crippen LogP contribution in [0.1, 0.15) is 51.3 Å². The minimum atomic E-state index is -1.45. The van der Waals surface area contributed by atoms with E-state index >= 15 is 0 Å². The summed E-state index contributed by atoms with van der Waals surface area (Å²) < 4.78 is 0. The highest BCUT2D eigenvalue weighted by Gasteiger charge is 2.70. The van der Waals surface area contributed by atoms with E-state index in [1.54, 1.807) is 12.1 Å². The Morgan fingerprint density at radius 2 is 1.64 bits per heavy atom. The van der Waals surface area contributed by atoms with Crippen LogP contribution in [-0.4, -0.2) is 34.5 Å². The van der Waals surface area contributed by atoms with E-state index in [4.69, 9.17) is 0 Å². The summed E-state index contributed by atoms with van der Waals surface area (Å²) in [4.78, 5) is 57.3. The molecule has 0 unspecified atom stereocenters. The molecule has 8 nitrogen and oxygen atoms in total. The molecule has 0 bridgehead atoms. The molecule has 3 aliphatic rings.